The molecule has 2 atom stereocenters. The third kappa shape index (κ3) is 2.93. The molecule has 102 valence electrons. The second kappa shape index (κ2) is 5.40. The van der Waals surface area contributed by atoms with E-state index in [-0.39, 0.29) is 30.4 Å². The van der Waals surface area contributed by atoms with Gasteiger partial charge in [0.2, 0.25) is 5.91 Å². The Bertz CT molecular complexity index is 513. The Kier molecular flexibility index (Phi) is 3.85. The molecule has 2 amide bonds. The van der Waals surface area contributed by atoms with Gasteiger partial charge in [-0.3, -0.25) is 9.59 Å². The van der Waals surface area contributed by atoms with Gasteiger partial charge in [0.25, 0.3) is 5.91 Å². The van der Waals surface area contributed by atoms with Gasteiger partial charge in [-0.2, -0.15) is 0 Å². The average Bonchev–Trinajstić information content (AvgIpc) is 2.76. The van der Waals surface area contributed by atoms with Crippen molar-refractivity contribution in [1.82, 2.24) is 5.32 Å². The Balaban J connectivity index is 2.09. The van der Waals surface area contributed by atoms with Gasteiger partial charge in [-0.1, -0.05) is 6.92 Å². The van der Waals surface area contributed by atoms with Gasteiger partial charge in [-0.15, -0.1) is 0 Å². The number of nitrogens with one attached hydrogen (secondary N) is 2. The molecule has 1 aromatic carbocycles. The summed E-state index contributed by atoms with van der Waals surface area (Å²) >= 11 is 0. The fraction of sp³-hybridized carbons (Fsp3) is 0.429. The first-order chi connectivity index (χ1) is 9.01. The number of amides is 2. The maximum absolute atomic E-state index is 12.1. The molecule has 0 bridgehead atoms. The summed E-state index contributed by atoms with van der Waals surface area (Å²) in [5, 5.41) is 14.6. The second-order valence-corrected chi connectivity index (χ2v) is 5.02. The van der Waals surface area contributed by atoms with Crippen LogP contribution in [0.1, 0.15) is 29.8 Å². The van der Waals surface area contributed by atoms with Crippen LogP contribution in [-0.4, -0.2) is 29.6 Å². The van der Waals surface area contributed by atoms with Crippen LogP contribution in [0.4, 0.5) is 5.69 Å². The number of anilines is 1. The molecular formula is C14H18N2O3. The van der Waals surface area contributed by atoms with E-state index in [1.807, 2.05) is 13.8 Å². The van der Waals surface area contributed by atoms with Crippen LogP contribution in [-0.2, 0) is 11.2 Å². The summed E-state index contributed by atoms with van der Waals surface area (Å²) in [4.78, 5) is 23.3. The largest absolute Gasteiger partial charge is 0.396 e. The molecule has 1 aliphatic heterocycles. The lowest BCUT2D eigenvalue weighted by Gasteiger charge is -2.19. The van der Waals surface area contributed by atoms with E-state index in [1.54, 1.807) is 18.2 Å². The molecule has 0 aliphatic carbocycles. The van der Waals surface area contributed by atoms with E-state index in [9.17, 15) is 9.59 Å². The fourth-order valence-corrected chi connectivity index (χ4v) is 1.96. The van der Waals surface area contributed by atoms with Crippen LogP contribution in [0.5, 0.6) is 0 Å². The average molecular weight is 262 g/mol. The summed E-state index contributed by atoms with van der Waals surface area (Å²) < 4.78 is 0. The molecule has 1 aromatic rings. The smallest absolute Gasteiger partial charge is 0.251 e. The minimum atomic E-state index is -0.185. The summed E-state index contributed by atoms with van der Waals surface area (Å²) in [6, 6.07) is 5.06. The molecule has 0 fully saturated rings. The summed E-state index contributed by atoms with van der Waals surface area (Å²) in [7, 11) is 0. The van der Waals surface area contributed by atoms with Crippen molar-refractivity contribution in [2.45, 2.75) is 26.3 Å². The molecule has 0 saturated heterocycles. The monoisotopic (exact) mass is 262 g/mol. The van der Waals surface area contributed by atoms with Crippen molar-refractivity contribution in [3.05, 3.63) is 29.3 Å². The van der Waals surface area contributed by atoms with Crippen molar-refractivity contribution in [2.75, 3.05) is 11.9 Å². The Morgan fingerprint density at radius 3 is 2.89 bits per heavy atom. The van der Waals surface area contributed by atoms with Crippen LogP contribution in [0.25, 0.3) is 0 Å². The lowest BCUT2D eigenvalue weighted by atomic mass is 10.0. The highest BCUT2D eigenvalue weighted by molar-refractivity contribution is 6.01. The molecule has 19 heavy (non-hydrogen) atoms. The second-order valence-electron chi connectivity index (χ2n) is 5.02. The molecule has 0 spiro atoms. The summed E-state index contributed by atoms with van der Waals surface area (Å²) in [6.45, 7) is 3.76. The van der Waals surface area contributed by atoms with E-state index in [0.717, 1.165) is 11.3 Å². The highest BCUT2D eigenvalue weighted by atomic mass is 16.3. The van der Waals surface area contributed by atoms with Crippen molar-refractivity contribution in [3.8, 4) is 0 Å². The Labute approximate surface area is 112 Å². The number of rotatable bonds is 4. The standard InChI is InChI=1S/C14H18N2O3/c1-8(7-17)9(2)15-14(19)10-3-4-12-11(5-10)6-13(18)16-12/h3-5,8-9,17H,6-7H2,1-2H3,(H,15,19)(H,16,18). The molecule has 0 radical (unpaired) electrons. The number of aliphatic hydroxyl groups excluding tert-OH is 1. The predicted molar refractivity (Wildman–Crippen MR) is 72.0 cm³/mol. The molecular weight excluding hydrogens is 244 g/mol. The van der Waals surface area contributed by atoms with Gasteiger partial charge in [0.05, 0.1) is 6.42 Å². The van der Waals surface area contributed by atoms with Crippen LogP contribution in [0.3, 0.4) is 0 Å². The lowest BCUT2D eigenvalue weighted by molar-refractivity contribution is -0.115. The van der Waals surface area contributed by atoms with E-state index in [4.69, 9.17) is 5.11 Å². The number of benzene rings is 1. The van der Waals surface area contributed by atoms with Crippen LogP contribution in [0.2, 0.25) is 0 Å². The minimum absolute atomic E-state index is 0.00150. The number of carbonyl (C=O) groups excluding carboxylic acids is 2. The summed E-state index contributed by atoms with van der Waals surface area (Å²) in [5.74, 6) is -0.230. The molecule has 2 rings (SSSR count). The van der Waals surface area contributed by atoms with Gasteiger partial charge in [-0.05, 0) is 36.6 Å². The van der Waals surface area contributed by atoms with Crippen LogP contribution in [0.15, 0.2) is 18.2 Å². The van der Waals surface area contributed by atoms with Crippen molar-refractivity contribution in [3.63, 3.8) is 0 Å². The summed E-state index contributed by atoms with van der Waals surface area (Å²) in [6.07, 6.45) is 0.319. The fourth-order valence-electron chi connectivity index (χ4n) is 1.96. The van der Waals surface area contributed by atoms with Crippen molar-refractivity contribution >= 4 is 17.5 Å². The molecule has 1 heterocycles. The van der Waals surface area contributed by atoms with Crippen molar-refractivity contribution < 1.29 is 14.7 Å². The van der Waals surface area contributed by atoms with E-state index in [0.29, 0.717) is 12.0 Å². The Morgan fingerprint density at radius 2 is 2.21 bits per heavy atom. The molecule has 0 saturated carbocycles. The maximum Gasteiger partial charge on any atom is 0.251 e. The molecule has 0 aromatic heterocycles. The van der Waals surface area contributed by atoms with Gasteiger partial charge < -0.3 is 15.7 Å². The lowest BCUT2D eigenvalue weighted by Crippen LogP contribution is -2.38. The maximum atomic E-state index is 12.1. The van der Waals surface area contributed by atoms with E-state index < -0.39 is 0 Å². The number of hydrogen-bond acceptors (Lipinski definition) is 3. The zero-order valence-electron chi connectivity index (χ0n) is 11.1. The number of aliphatic hydroxyl groups is 1. The Morgan fingerprint density at radius 1 is 1.47 bits per heavy atom. The van der Waals surface area contributed by atoms with Crippen LogP contribution in [0, 0.1) is 5.92 Å². The van der Waals surface area contributed by atoms with Crippen LogP contribution >= 0.6 is 0 Å². The van der Waals surface area contributed by atoms with Crippen molar-refractivity contribution in [1.29, 1.82) is 0 Å². The predicted octanol–water partition coefficient (Wildman–Crippen LogP) is 0.928. The number of fused-ring (bicyclic) bond motifs is 1. The minimum Gasteiger partial charge on any atom is -0.396 e. The van der Waals surface area contributed by atoms with E-state index in [1.165, 1.54) is 0 Å². The number of carbonyl (C=O) groups is 2. The zero-order chi connectivity index (χ0) is 14.0. The van der Waals surface area contributed by atoms with Crippen molar-refractivity contribution in [2.24, 2.45) is 5.92 Å². The summed E-state index contributed by atoms with van der Waals surface area (Å²) in [5.41, 5.74) is 2.16. The SMILES string of the molecule is CC(CO)C(C)NC(=O)c1ccc2c(c1)CC(=O)N2. The highest BCUT2D eigenvalue weighted by Crippen LogP contribution is 2.23. The molecule has 5 nitrogen and oxygen atoms in total. The topological polar surface area (TPSA) is 78.4 Å². The van der Waals surface area contributed by atoms with Gasteiger partial charge in [0, 0.05) is 23.9 Å². The molecule has 5 heteroatoms. The quantitative estimate of drug-likeness (QED) is 0.755. The molecule has 3 N–H and O–H groups in total. The third-order valence-corrected chi connectivity index (χ3v) is 3.49. The Hall–Kier alpha value is -1.88. The first-order valence-electron chi connectivity index (χ1n) is 6.35. The third-order valence-electron chi connectivity index (χ3n) is 3.49. The molecule has 1 aliphatic rings. The molecule has 2 unspecified atom stereocenters. The van der Waals surface area contributed by atoms with Gasteiger partial charge in [0.1, 0.15) is 0 Å². The highest BCUT2D eigenvalue weighted by Gasteiger charge is 2.20. The zero-order valence-corrected chi connectivity index (χ0v) is 11.1. The number of hydrogen-bond donors (Lipinski definition) is 3. The van der Waals surface area contributed by atoms with Gasteiger partial charge >= 0.3 is 0 Å². The first-order valence-corrected chi connectivity index (χ1v) is 6.35. The first kappa shape index (κ1) is 13.5. The van der Waals surface area contributed by atoms with Crippen LogP contribution < -0.4 is 10.6 Å². The van der Waals surface area contributed by atoms with Gasteiger partial charge in [-0.25, -0.2) is 0 Å². The van der Waals surface area contributed by atoms with Gasteiger partial charge in [0.15, 0.2) is 0 Å². The van der Waals surface area contributed by atoms with E-state index >= 15 is 0 Å². The normalized spacial score (nSPS) is 16.5. The van der Waals surface area contributed by atoms with E-state index in [2.05, 4.69) is 10.6 Å².